The zero-order valence-corrected chi connectivity index (χ0v) is 11.1. The molecule has 0 rings (SSSR count). The van der Waals surface area contributed by atoms with Gasteiger partial charge in [-0.25, -0.2) is 0 Å². The van der Waals surface area contributed by atoms with Crippen molar-refractivity contribution in [1.82, 2.24) is 0 Å². The summed E-state index contributed by atoms with van der Waals surface area (Å²) in [6.07, 6.45) is 9.70. The minimum atomic E-state index is 0.0441. The Bertz CT molecular complexity index is 143. The highest BCUT2D eigenvalue weighted by Crippen LogP contribution is 2.10. The molecule has 2 heteroatoms. The predicted octanol–water partition coefficient (Wildman–Crippen LogP) is 4.48. The van der Waals surface area contributed by atoms with Gasteiger partial charge in [-0.15, -0.1) is 0 Å². The summed E-state index contributed by atoms with van der Waals surface area (Å²) in [7, 11) is 0. The lowest BCUT2D eigenvalue weighted by Crippen LogP contribution is -2.08. The Balaban J connectivity index is 3.10. The second kappa shape index (κ2) is 9.70. The van der Waals surface area contributed by atoms with E-state index in [-0.39, 0.29) is 4.83 Å². The fourth-order valence-corrected chi connectivity index (χ4v) is 1.68. The molecule has 14 heavy (non-hydrogen) atoms. The average molecular weight is 263 g/mol. The summed E-state index contributed by atoms with van der Waals surface area (Å²) in [4.78, 5) is 11.3. The van der Waals surface area contributed by atoms with Gasteiger partial charge in [-0.05, 0) is 13.3 Å². The molecule has 0 heterocycles. The predicted molar refractivity (Wildman–Crippen MR) is 66.0 cm³/mol. The molecule has 0 aliphatic carbocycles. The molecule has 0 aromatic carbocycles. The zero-order valence-electron chi connectivity index (χ0n) is 9.52. The van der Waals surface area contributed by atoms with Gasteiger partial charge in [-0.1, -0.05) is 61.4 Å². The van der Waals surface area contributed by atoms with Crippen molar-refractivity contribution < 1.29 is 4.79 Å². The van der Waals surface area contributed by atoms with E-state index in [1.165, 1.54) is 38.5 Å². The molecule has 0 aliphatic heterocycles. The minimum absolute atomic E-state index is 0.0441. The standard InChI is InChI=1S/C12H23BrO/c1-3-4-5-6-7-8-9-10-12(14)11(2)13/h11H,3-10H2,1-2H3. The van der Waals surface area contributed by atoms with E-state index >= 15 is 0 Å². The van der Waals surface area contributed by atoms with E-state index in [9.17, 15) is 4.79 Å². The number of ketones is 1. The van der Waals surface area contributed by atoms with E-state index < -0.39 is 0 Å². The molecule has 0 N–H and O–H groups in total. The molecule has 0 aromatic heterocycles. The van der Waals surface area contributed by atoms with Crippen molar-refractivity contribution in [3.63, 3.8) is 0 Å². The number of hydrogen-bond donors (Lipinski definition) is 0. The summed E-state index contributed by atoms with van der Waals surface area (Å²) in [5, 5.41) is 0. The Morgan fingerprint density at radius 3 is 2.07 bits per heavy atom. The number of carbonyl (C=O) groups excluding carboxylic acids is 1. The number of alkyl halides is 1. The van der Waals surface area contributed by atoms with E-state index in [0.29, 0.717) is 5.78 Å². The van der Waals surface area contributed by atoms with Gasteiger partial charge in [0, 0.05) is 6.42 Å². The van der Waals surface area contributed by atoms with Crippen LogP contribution in [0.15, 0.2) is 0 Å². The van der Waals surface area contributed by atoms with Crippen LogP contribution in [0.5, 0.6) is 0 Å². The van der Waals surface area contributed by atoms with Crippen LogP contribution in [0.25, 0.3) is 0 Å². The van der Waals surface area contributed by atoms with Crippen LogP contribution in [0.4, 0.5) is 0 Å². The van der Waals surface area contributed by atoms with E-state index in [4.69, 9.17) is 0 Å². The smallest absolute Gasteiger partial charge is 0.146 e. The zero-order chi connectivity index (χ0) is 10.8. The van der Waals surface area contributed by atoms with Crippen LogP contribution in [-0.4, -0.2) is 10.6 Å². The number of carbonyl (C=O) groups is 1. The van der Waals surface area contributed by atoms with Gasteiger partial charge in [0.05, 0.1) is 4.83 Å². The first-order chi connectivity index (χ1) is 6.68. The number of unbranched alkanes of at least 4 members (excludes halogenated alkanes) is 6. The molecule has 0 saturated carbocycles. The molecular formula is C12H23BrO. The van der Waals surface area contributed by atoms with Gasteiger partial charge in [0.25, 0.3) is 0 Å². The van der Waals surface area contributed by atoms with Crippen LogP contribution >= 0.6 is 15.9 Å². The molecule has 1 unspecified atom stereocenters. The molecule has 0 fully saturated rings. The van der Waals surface area contributed by atoms with Gasteiger partial charge in [-0.3, -0.25) is 4.79 Å². The van der Waals surface area contributed by atoms with Crippen molar-refractivity contribution in [2.45, 2.75) is 70.0 Å². The van der Waals surface area contributed by atoms with Gasteiger partial charge in [0.1, 0.15) is 5.78 Å². The van der Waals surface area contributed by atoms with Crippen LogP contribution in [0, 0.1) is 0 Å². The Labute approximate surface area is 96.8 Å². The van der Waals surface area contributed by atoms with Crippen molar-refractivity contribution in [3.8, 4) is 0 Å². The van der Waals surface area contributed by atoms with E-state index in [2.05, 4.69) is 22.9 Å². The van der Waals surface area contributed by atoms with E-state index in [1.807, 2.05) is 6.92 Å². The van der Waals surface area contributed by atoms with Crippen LogP contribution in [0.2, 0.25) is 0 Å². The summed E-state index contributed by atoms with van der Waals surface area (Å²) in [5.41, 5.74) is 0. The Morgan fingerprint density at radius 1 is 1.07 bits per heavy atom. The van der Waals surface area contributed by atoms with Crippen molar-refractivity contribution in [3.05, 3.63) is 0 Å². The highest BCUT2D eigenvalue weighted by Gasteiger charge is 2.07. The van der Waals surface area contributed by atoms with Gasteiger partial charge in [0.15, 0.2) is 0 Å². The molecule has 84 valence electrons. The molecule has 0 radical (unpaired) electrons. The fraction of sp³-hybridized carbons (Fsp3) is 0.917. The first-order valence-electron chi connectivity index (χ1n) is 5.85. The molecule has 0 saturated heterocycles. The number of hydrogen-bond acceptors (Lipinski definition) is 1. The summed E-state index contributed by atoms with van der Waals surface area (Å²) < 4.78 is 0. The maximum Gasteiger partial charge on any atom is 0.146 e. The lowest BCUT2D eigenvalue weighted by molar-refractivity contribution is -0.118. The first-order valence-corrected chi connectivity index (χ1v) is 6.76. The Hall–Kier alpha value is 0.150. The topological polar surface area (TPSA) is 17.1 Å². The summed E-state index contributed by atoms with van der Waals surface area (Å²) >= 11 is 3.29. The molecular weight excluding hydrogens is 240 g/mol. The molecule has 0 spiro atoms. The average Bonchev–Trinajstić information content (AvgIpc) is 2.16. The molecule has 0 aliphatic rings. The lowest BCUT2D eigenvalue weighted by atomic mass is 10.1. The monoisotopic (exact) mass is 262 g/mol. The quantitative estimate of drug-likeness (QED) is 0.443. The van der Waals surface area contributed by atoms with Crippen LogP contribution in [0.3, 0.4) is 0 Å². The third-order valence-electron chi connectivity index (χ3n) is 2.47. The van der Waals surface area contributed by atoms with Crippen molar-refractivity contribution >= 4 is 21.7 Å². The maximum atomic E-state index is 11.2. The maximum absolute atomic E-state index is 11.2. The van der Waals surface area contributed by atoms with Gasteiger partial charge in [-0.2, -0.15) is 0 Å². The van der Waals surface area contributed by atoms with E-state index in [0.717, 1.165) is 12.8 Å². The number of Topliss-reactive ketones (excluding diaryl/α,β-unsaturated/α-hetero) is 1. The van der Waals surface area contributed by atoms with Crippen molar-refractivity contribution in [1.29, 1.82) is 0 Å². The van der Waals surface area contributed by atoms with Crippen molar-refractivity contribution in [2.75, 3.05) is 0 Å². The SMILES string of the molecule is CCCCCCCCCC(=O)C(C)Br. The summed E-state index contributed by atoms with van der Waals surface area (Å²) in [6, 6.07) is 0. The van der Waals surface area contributed by atoms with Crippen molar-refractivity contribution in [2.24, 2.45) is 0 Å². The van der Waals surface area contributed by atoms with E-state index in [1.54, 1.807) is 0 Å². The molecule has 0 aromatic rings. The molecule has 1 nitrogen and oxygen atoms in total. The molecule has 1 atom stereocenters. The van der Waals surface area contributed by atoms with Gasteiger partial charge < -0.3 is 0 Å². The lowest BCUT2D eigenvalue weighted by Gasteiger charge is -2.02. The minimum Gasteiger partial charge on any atom is -0.298 e. The Morgan fingerprint density at radius 2 is 1.57 bits per heavy atom. The molecule has 0 amide bonds. The van der Waals surface area contributed by atoms with Crippen LogP contribution in [0.1, 0.15) is 65.2 Å². The normalized spacial score (nSPS) is 12.8. The fourth-order valence-electron chi connectivity index (χ4n) is 1.46. The third kappa shape index (κ3) is 8.74. The van der Waals surface area contributed by atoms with Crippen LogP contribution < -0.4 is 0 Å². The largest absolute Gasteiger partial charge is 0.298 e. The second-order valence-corrected chi connectivity index (χ2v) is 5.33. The van der Waals surface area contributed by atoms with Gasteiger partial charge >= 0.3 is 0 Å². The van der Waals surface area contributed by atoms with Crippen LogP contribution in [-0.2, 0) is 4.79 Å². The third-order valence-corrected chi connectivity index (χ3v) is 2.98. The second-order valence-electron chi connectivity index (χ2n) is 3.95. The first kappa shape index (κ1) is 14.2. The molecule has 0 bridgehead atoms. The number of halogens is 1. The van der Waals surface area contributed by atoms with Gasteiger partial charge in [0.2, 0.25) is 0 Å². The summed E-state index contributed by atoms with van der Waals surface area (Å²) in [5.74, 6) is 0.346. The highest BCUT2D eigenvalue weighted by molar-refractivity contribution is 9.10. The highest BCUT2D eigenvalue weighted by atomic mass is 79.9. The summed E-state index contributed by atoms with van der Waals surface area (Å²) in [6.45, 7) is 4.14. The Kier molecular flexibility index (Phi) is 9.80. The number of rotatable bonds is 9.